The minimum atomic E-state index is 0.295. The molecule has 2 fully saturated rings. The normalized spacial score (nSPS) is 25.9. The molecule has 1 aromatic heterocycles. The molecule has 0 aromatic carbocycles. The smallest absolute Gasteiger partial charge is 0.137 e. The van der Waals surface area contributed by atoms with Crippen molar-refractivity contribution in [3.05, 3.63) is 16.5 Å². The summed E-state index contributed by atoms with van der Waals surface area (Å²) in [7, 11) is 0. The quantitative estimate of drug-likeness (QED) is 0.819. The maximum Gasteiger partial charge on any atom is 0.137 e. The third-order valence-electron chi connectivity index (χ3n) is 4.63. The van der Waals surface area contributed by atoms with Gasteiger partial charge in [-0.3, -0.25) is 0 Å². The fraction of sp³-hybridized carbons (Fsp3) is 0.733. The fourth-order valence-corrected chi connectivity index (χ4v) is 3.23. The van der Waals surface area contributed by atoms with Gasteiger partial charge in [-0.05, 0) is 44.4 Å². The van der Waals surface area contributed by atoms with Crippen LogP contribution in [0.25, 0.3) is 0 Å². The van der Waals surface area contributed by atoms with E-state index in [1.54, 1.807) is 0 Å². The molecule has 0 bridgehead atoms. The molecule has 4 nitrogen and oxygen atoms in total. The van der Waals surface area contributed by atoms with Crippen LogP contribution in [-0.4, -0.2) is 28.2 Å². The number of rotatable bonds is 5. The first-order valence-electron chi connectivity index (χ1n) is 7.57. The van der Waals surface area contributed by atoms with Gasteiger partial charge in [-0.15, -0.1) is 0 Å². The van der Waals surface area contributed by atoms with Crippen LogP contribution < -0.4 is 5.32 Å². The molecular formula is C15H22ClN3O. The predicted octanol–water partition coefficient (Wildman–Crippen LogP) is 3.14. The van der Waals surface area contributed by atoms with Crippen LogP contribution in [0.3, 0.4) is 0 Å². The molecule has 1 aromatic rings. The Kier molecular flexibility index (Phi) is 4.13. The number of halogens is 1. The van der Waals surface area contributed by atoms with Crippen LogP contribution in [0.2, 0.25) is 5.15 Å². The van der Waals surface area contributed by atoms with Gasteiger partial charge in [0.15, 0.2) is 0 Å². The molecule has 0 spiro atoms. The standard InChI is InChI=1S/C15H22ClN3O/c1-9-13(16)18-15(10-5-6-10)19-14(9)17-7-11-3-2-4-12(11)8-20/h10-12,20H,2-8H2,1H3,(H,17,18,19). The van der Waals surface area contributed by atoms with E-state index in [1.165, 1.54) is 25.7 Å². The van der Waals surface area contributed by atoms with Crippen molar-refractivity contribution in [3.63, 3.8) is 0 Å². The molecule has 0 radical (unpaired) electrons. The fourth-order valence-electron chi connectivity index (χ4n) is 3.05. The molecular weight excluding hydrogens is 274 g/mol. The van der Waals surface area contributed by atoms with Crippen molar-refractivity contribution in [2.75, 3.05) is 18.5 Å². The lowest BCUT2D eigenvalue weighted by Gasteiger charge is -2.19. The highest BCUT2D eigenvalue weighted by atomic mass is 35.5. The van der Waals surface area contributed by atoms with Crippen LogP contribution in [0.5, 0.6) is 0 Å². The summed E-state index contributed by atoms with van der Waals surface area (Å²) in [4.78, 5) is 9.02. The largest absolute Gasteiger partial charge is 0.396 e. The minimum Gasteiger partial charge on any atom is -0.396 e. The first kappa shape index (κ1) is 14.1. The number of nitrogens with one attached hydrogen (secondary N) is 1. The zero-order chi connectivity index (χ0) is 14.1. The van der Waals surface area contributed by atoms with Gasteiger partial charge in [-0.2, -0.15) is 0 Å². The first-order valence-corrected chi connectivity index (χ1v) is 7.95. The average Bonchev–Trinajstić information content (AvgIpc) is 3.19. The van der Waals surface area contributed by atoms with Crippen molar-refractivity contribution < 1.29 is 5.11 Å². The second-order valence-corrected chi connectivity index (χ2v) is 6.49. The third kappa shape index (κ3) is 2.91. The van der Waals surface area contributed by atoms with E-state index in [4.69, 9.17) is 11.6 Å². The van der Waals surface area contributed by atoms with Crippen LogP contribution in [0.15, 0.2) is 0 Å². The number of aromatic nitrogens is 2. The lowest BCUT2D eigenvalue weighted by Crippen LogP contribution is -2.22. The number of aliphatic hydroxyl groups is 1. The summed E-state index contributed by atoms with van der Waals surface area (Å²) in [5.41, 5.74) is 0.926. The summed E-state index contributed by atoms with van der Waals surface area (Å²) in [6, 6.07) is 0. The Morgan fingerprint density at radius 3 is 2.65 bits per heavy atom. The highest BCUT2D eigenvalue weighted by Crippen LogP contribution is 2.39. The molecule has 3 rings (SSSR count). The molecule has 2 unspecified atom stereocenters. The lowest BCUT2D eigenvalue weighted by molar-refractivity contribution is 0.199. The van der Waals surface area contributed by atoms with E-state index in [1.807, 2.05) is 6.92 Å². The maximum absolute atomic E-state index is 9.38. The number of hydrogen-bond acceptors (Lipinski definition) is 4. The Morgan fingerprint density at radius 2 is 1.95 bits per heavy atom. The summed E-state index contributed by atoms with van der Waals surface area (Å²) in [6.07, 6.45) is 5.89. The Morgan fingerprint density at radius 1 is 1.20 bits per heavy atom. The summed E-state index contributed by atoms with van der Waals surface area (Å²) >= 11 is 6.21. The van der Waals surface area contributed by atoms with Crippen LogP contribution in [-0.2, 0) is 0 Å². The second kappa shape index (κ2) is 5.86. The van der Waals surface area contributed by atoms with Gasteiger partial charge in [-0.25, -0.2) is 9.97 Å². The van der Waals surface area contributed by atoms with Gasteiger partial charge in [0, 0.05) is 24.6 Å². The molecule has 2 aliphatic carbocycles. The van der Waals surface area contributed by atoms with Crippen LogP contribution >= 0.6 is 11.6 Å². The van der Waals surface area contributed by atoms with E-state index >= 15 is 0 Å². The van der Waals surface area contributed by atoms with Gasteiger partial charge in [0.2, 0.25) is 0 Å². The summed E-state index contributed by atoms with van der Waals surface area (Å²) < 4.78 is 0. The first-order chi connectivity index (χ1) is 9.69. The van der Waals surface area contributed by atoms with E-state index in [9.17, 15) is 5.11 Å². The predicted molar refractivity (Wildman–Crippen MR) is 80.2 cm³/mol. The number of anilines is 1. The zero-order valence-corrected chi connectivity index (χ0v) is 12.7. The van der Waals surface area contributed by atoms with E-state index in [2.05, 4.69) is 15.3 Å². The maximum atomic E-state index is 9.38. The molecule has 2 saturated carbocycles. The molecule has 0 amide bonds. The van der Waals surface area contributed by atoms with Gasteiger partial charge < -0.3 is 10.4 Å². The van der Waals surface area contributed by atoms with E-state index in [-0.39, 0.29) is 0 Å². The Bertz CT molecular complexity index is 490. The van der Waals surface area contributed by atoms with Crippen molar-refractivity contribution >= 4 is 17.4 Å². The van der Waals surface area contributed by atoms with Gasteiger partial charge in [0.25, 0.3) is 0 Å². The Balaban J connectivity index is 1.70. The molecule has 1 heterocycles. The summed E-state index contributed by atoms with van der Waals surface area (Å²) in [5.74, 6) is 3.23. The number of nitrogens with zero attached hydrogens (tertiary/aromatic N) is 2. The Hall–Kier alpha value is -0.870. The van der Waals surface area contributed by atoms with E-state index < -0.39 is 0 Å². The molecule has 0 saturated heterocycles. The molecule has 2 aliphatic rings. The number of aliphatic hydroxyl groups excluding tert-OH is 1. The van der Waals surface area contributed by atoms with Crippen molar-refractivity contribution in [1.29, 1.82) is 0 Å². The molecule has 2 atom stereocenters. The van der Waals surface area contributed by atoms with Crippen molar-refractivity contribution in [2.45, 2.75) is 44.9 Å². The zero-order valence-electron chi connectivity index (χ0n) is 11.9. The van der Waals surface area contributed by atoms with Gasteiger partial charge in [0.05, 0.1) is 0 Å². The second-order valence-electron chi connectivity index (χ2n) is 6.14. The van der Waals surface area contributed by atoms with Crippen LogP contribution in [0, 0.1) is 18.8 Å². The lowest BCUT2D eigenvalue weighted by atomic mass is 9.97. The topological polar surface area (TPSA) is 58.0 Å². The molecule has 20 heavy (non-hydrogen) atoms. The van der Waals surface area contributed by atoms with Gasteiger partial charge in [-0.1, -0.05) is 18.0 Å². The SMILES string of the molecule is Cc1c(Cl)nc(C2CC2)nc1NCC1CCCC1CO. The molecule has 0 aliphatic heterocycles. The van der Waals surface area contributed by atoms with Crippen molar-refractivity contribution in [1.82, 2.24) is 9.97 Å². The van der Waals surface area contributed by atoms with E-state index in [0.29, 0.717) is 29.5 Å². The van der Waals surface area contributed by atoms with Crippen molar-refractivity contribution in [2.24, 2.45) is 11.8 Å². The minimum absolute atomic E-state index is 0.295. The monoisotopic (exact) mass is 295 g/mol. The number of hydrogen-bond donors (Lipinski definition) is 2. The Labute approximate surface area is 125 Å². The van der Waals surface area contributed by atoms with Gasteiger partial charge >= 0.3 is 0 Å². The highest BCUT2D eigenvalue weighted by molar-refractivity contribution is 6.30. The average molecular weight is 296 g/mol. The third-order valence-corrected chi connectivity index (χ3v) is 5.00. The molecule has 5 heteroatoms. The molecule has 110 valence electrons. The summed E-state index contributed by atoms with van der Waals surface area (Å²) in [5, 5.41) is 13.4. The van der Waals surface area contributed by atoms with Gasteiger partial charge in [0.1, 0.15) is 16.8 Å². The van der Waals surface area contributed by atoms with Crippen LogP contribution in [0.1, 0.15) is 49.4 Å². The van der Waals surface area contributed by atoms with Crippen LogP contribution in [0.4, 0.5) is 5.82 Å². The molecule has 2 N–H and O–H groups in total. The highest BCUT2D eigenvalue weighted by Gasteiger charge is 2.29. The van der Waals surface area contributed by atoms with Crippen molar-refractivity contribution in [3.8, 4) is 0 Å². The van der Waals surface area contributed by atoms with E-state index in [0.717, 1.165) is 30.2 Å². The summed E-state index contributed by atoms with van der Waals surface area (Å²) in [6.45, 7) is 3.12.